The zero-order chi connectivity index (χ0) is 36.9. The topological polar surface area (TPSA) is 84.8 Å². The van der Waals surface area contributed by atoms with Gasteiger partial charge in [0.25, 0.3) is 0 Å². The third-order valence-corrected chi connectivity index (χ3v) is 10.2. The Bertz CT molecular complexity index is 1660. The standard InChI is InChI=1S/C45H54O8/c1-34(41(49-29-37-18-10-5-11-19-37)35(2)26-36-16-8-4-9-17-36)24-25-45-43(51-31-39-22-14-7-15-23-39)42(50-30-38-20-12-6-13-21-38)44(53-45,32-48-33-47-3)27-40(28-46)52-45/h4-23,35,40-43,46H,1,24-33H2,2-3H3/t35-,40+,41-,42-,43-,44-,45+/m1/s1. The summed E-state index contributed by atoms with van der Waals surface area (Å²) in [6, 6.07) is 40.8. The van der Waals surface area contributed by atoms with Crippen LogP contribution in [0.4, 0.5) is 0 Å². The molecule has 8 heteroatoms. The smallest absolute Gasteiger partial charge is 0.198 e. The summed E-state index contributed by atoms with van der Waals surface area (Å²) in [6.07, 6.45) is 0.111. The third kappa shape index (κ3) is 10.1. The Morgan fingerprint density at radius 1 is 0.774 bits per heavy atom. The van der Waals surface area contributed by atoms with Crippen LogP contribution in [0.3, 0.4) is 0 Å². The zero-order valence-electron chi connectivity index (χ0n) is 31.0. The van der Waals surface area contributed by atoms with Crippen molar-refractivity contribution in [2.24, 2.45) is 5.92 Å². The fourth-order valence-electron chi connectivity index (χ4n) is 7.74. The fourth-order valence-corrected chi connectivity index (χ4v) is 7.74. The predicted molar refractivity (Wildman–Crippen MR) is 204 cm³/mol. The van der Waals surface area contributed by atoms with Crippen molar-refractivity contribution in [3.8, 4) is 0 Å². The maximum atomic E-state index is 10.6. The Morgan fingerprint density at radius 2 is 1.30 bits per heavy atom. The van der Waals surface area contributed by atoms with E-state index in [2.05, 4.69) is 49.9 Å². The van der Waals surface area contributed by atoms with Crippen LogP contribution in [0.1, 0.15) is 48.4 Å². The molecule has 0 saturated carbocycles. The van der Waals surface area contributed by atoms with Crippen molar-refractivity contribution in [3.63, 3.8) is 0 Å². The number of ether oxygens (including phenoxy) is 7. The van der Waals surface area contributed by atoms with Gasteiger partial charge in [0.15, 0.2) is 5.79 Å². The Morgan fingerprint density at radius 3 is 1.85 bits per heavy atom. The first-order valence-electron chi connectivity index (χ1n) is 18.7. The molecule has 282 valence electrons. The summed E-state index contributed by atoms with van der Waals surface area (Å²) in [6.45, 7) is 8.03. The Balaban J connectivity index is 1.30. The van der Waals surface area contributed by atoms with Gasteiger partial charge >= 0.3 is 0 Å². The minimum Gasteiger partial charge on any atom is -0.394 e. The molecule has 0 radical (unpaired) electrons. The molecule has 53 heavy (non-hydrogen) atoms. The van der Waals surface area contributed by atoms with Crippen LogP contribution in [-0.4, -0.2) is 68.0 Å². The molecule has 2 aliphatic heterocycles. The highest BCUT2D eigenvalue weighted by Gasteiger charge is 2.69. The number of aliphatic hydroxyl groups is 1. The first kappa shape index (κ1) is 39.0. The summed E-state index contributed by atoms with van der Waals surface area (Å²) < 4.78 is 45.6. The lowest BCUT2D eigenvalue weighted by atomic mass is 9.87. The summed E-state index contributed by atoms with van der Waals surface area (Å²) in [5, 5.41) is 10.6. The molecular weight excluding hydrogens is 668 g/mol. The van der Waals surface area contributed by atoms with E-state index in [-0.39, 0.29) is 32.0 Å². The van der Waals surface area contributed by atoms with E-state index >= 15 is 0 Å². The lowest BCUT2D eigenvalue weighted by molar-refractivity contribution is -0.348. The molecule has 6 rings (SSSR count). The molecule has 0 unspecified atom stereocenters. The summed E-state index contributed by atoms with van der Waals surface area (Å²) in [7, 11) is 1.59. The maximum Gasteiger partial charge on any atom is 0.198 e. The molecular formula is C45H54O8. The molecule has 2 saturated heterocycles. The predicted octanol–water partition coefficient (Wildman–Crippen LogP) is 7.82. The molecule has 4 aromatic rings. The largest absolute Gasteiger partial charge is 0.394 e. The molecule has 4 aromatic carbocycles. The first-order chi connectivity index (χ1) is 25.9. The molecule has 0 aliphatic carbocycles. The number of aliphatic hydroxyl groups excluding tert-OH is 1. The number of hydrogen-bond donors (Lipinski definition) is 1. The summed E-state index contributed by atoms with van der Waals surface area (Å²) in [4.78, 5) is 0. The minimum absolute atomic E-state index is 0.0836. The van der Waals surface area contributed by atoms with Gasteiger partial charge < -0.3 is 38.3 Å². The summed E-state index contributed by atoms with van der Waals surface area (Å²) >= 11 is 0. The lowest BCUT2D eigenvalue weighted by Crippen LogP contribution is -2.54. The van der Waals surface area contributed by atoms with Crippen LogP contribution >= 0.6 is 0 Å². The Labute approximate surface area is 314 Å². The summed E-state index contributed by atoms with van der Waals surface area (Å²) in [5.74, 6) is -1.13. The minimum atomic E-state index is -1.27. The molecule has 7 atom stereocenters. The molecule has 0 amide bonds. The SMILES string of the molecule is C=C(CC[C@]12O[C@H](CO)C[C@](COCOC)(O1)[C@H](OCc1ccccc1)[C@H]2OCc1ccccc1)[C@@H](OCc1ccccc1)[C@H](C)Cc1ccccc1. The third-order valence-electron chi connectivity index (χ3n) is 10.2. The van der Waals surface area contributed by atoms with Crippen molar-refractivity contribution >= 4 is 0 Å². The second-order valence-electron chi connectivity index (χ2n) is 14.3. The highest BCUT2D eigenvalue weighted by Crippen LogP contribution is 2.53. The molecule has 2 aliphatic rings. The van der Waals surface area contributed by atoms with Gasteiger partial charge in [-0.25, -0.2) is 0 Å². The number of fused-ring (bicyclic) bond motifs is 2. The van der Waals surface area contributed by atoms with Crippen LogP contribution in [0, 0.1) is 5.92 Å². The van der Waals surface area contributed by atoms with Crippen LogP contribution in [0.25, 0.3) is 0 Å². The van der Waals surface area contributed by atoms with E-state index in [1.807, 2.05) is 84.9 Å². The Kier molecular flexibility index (Phi) is 14.0. The Hall–Kier alpha value is -3.70. The van der Waals surface area contributed by atoms with Gasteiger partial charge in [0.05, 0.1) is 45.2 Å². The van der Waals surface area contributed by atoms with Gasteiger partial charge in [0.2, 0.25) is 0 Å². The molecule has 1 N–H and O–H groups in total. The van der Waals surface area contributed by atoms with Gasteiger partial charge in [-0.2, -0.15) is 0 Å². The van der Waals surface area contributed by atoms with Crippen LogP contribution in [0.15, 0.2) is 133 Å². The maximum absolute atomic E-state index is 10.6. The average Bonchev–Trinajstić information content (AvgIpc) is 3.38. The fraction of sp³-hybridized carbons (Fsp3) is 0.422. The first-order valence-corrected chi connectivity index (χ1v) is 18.7. The van der Waals surface area contributed by atoms with E-state index in [4.69, 9.17) is 33.2 Å². The van der Waals surface area contributed by atoms with E-state index in [0.29, 0.717) is 39.1 Å². The van der Waals surface area contributed by atoms with Crippen molar-refractivity contribution in [1.29, 1.82) is 0 Å². The zero-order valence-corrected chi connectivity index (χ0v) is 31.0. The van der Waals surface area contributed by atoms with Gasteiger partial charge in [0, 0.05) is 20.0 Å². The van der Waals surface area contributed by atoms with Crippen LogP contribution < -0.4 is 0 Å². The van der Waals surface area contributed by atoms with E-state index in [9.17, 15) is 5.11 Å². The number of hydrogen-bond acceptors (Lipinski definition) is 8. The van der Waals surface area contributed by atoms with Crippen molar-refractivity contribution < 1.29 is 38.3 Å². The van der Waals surface area contributed by atoms with E-state index in [1.54, 1.807) is 7.11 Å². The molecule has 8 nitrogen and oxygen atoms in total. The highest BCUT2D eigenvalue weighted by atomic mass is 16.8. The van der Waals surface area contributed by atoms with Crippen molar-refractivity contribution in [1.82, 2.24) is 0 Å². The van der Waals surface area contributed by atoms with Crippen molar-refractivity contribution in [2.45, 2.75) is 88.2 Å². The second-order valence-corrected chi connectivity index (χ2v) is 14.3. The summed E-state index contributed by atoms with van der Waals surface area (Å²) in [5.41, 5.74) is 4.35. The average molecular weight is 723 g/mol. The molecule has 0 spiro atoms. The van der Waals surface area contributed by atoms with Gasteiger partial charge in [-0.1, -0.05) is 135 Å². The second kappa shape index (κ2) is 19.1. The molecule has 2 heterocycles. The van der Waals surface area contributed by atoms with Crippen LogP contribution in [0.2, 0.25) is 0 Å². The van der Waals surface area contributed by atoms with Crippen LogP contribution in [0.5, 0.6) is 0 Å². The van der Waals surface area contributed by atoms with E-state index in [0.717, 1.165) is 28.7 Å². The van der Waals surface area contributed by atoms with Gasteiger partial charge in [-0.3, -0.25) is 0 Å². The van der Waals surface area contributed by atoms with Gasteiger partial charge in [-0.05, 0) is 46.6 Å². The molecule has 2 bridgehead atoms. The lowest BCUT2D eigenvalue weighted by Gasteiger charge is -2.44. The van der Waals surface area contributed by atoms with Gasteiger partial charge in [0.1, 0.15) is 24.6 Å². The number of benzene rings is 4. The van der Waals surface area contributed by atoms with Crippen molar-refractivity contribution in [3.05, 3.63) is 156 Å². The van der Waals surface area contributed by atoms with Crippen molar-refractivity contribution in [2.75, 3.05) is 27.1 Å². The number of rotatable bonds is 21. The van der Waals surface area contributed by atoms with E-state index < -0.39 is 29.7 Å². The monoisotopic (exact) mass is 722 g/mol. The molecule has 2 fully saturated rings. The van der Waals surface area contributed by atoms with Gasteiger partial charge in [-0.15, -0.1) is 0 Å². The molecule has 0 aromatic heterocycles. The normalized spacial score (nSPS) is 24.8. The number of methoxy groups -OCH3 is 1. The highest BCUT2D eigenvalue weighted by molar-refractivity contribution is 5.20. The van der Waals surface area contributed by atoms with Crippen LogP contribution in [-0.2, 0) is 59.4 Å². The quantitative estimate of drug-likeness (QED) is 0.0530. The van der Waals surface area contributed by atoms with E-state index in [1.165, 1.54) is 5.56 Å².